The number of aromatic nitrogens is 1. The van der Waals surface area contributed by atoms with Gasteiger partial charge >= 0.3 is 0 Å². The number of pyridine rings is 1. The molecule has 4 nitrogen and oxygen atoms in total. The molecule has 1 heterocycles. The molecule has 2 aromatic rings. The SMILES string of the molecule is COc1ccc(C2CC2)c(CNCCNc2ccc(F)cn2)c1. The Morgan fingerprint density at radius 3 is 2.78 bits per heavy atom. The van der Waals surface area contributed by atoms with Crippen molar-refractivity contribution in [3.8, 4) is 5.75 Å². The van der Waals surface area contributed by atoms with Gasteiger partial charge in [0, 0.05) is 19.6 Å². The summed E-state index contributed by atoms with van der Waals surface area (Å²) in [4.78, 5) is 3.97. The highest BCUT2D eigenvalue weighted by Crippen LogP contribution is 2.42. The average molecular weight is 315 g/mol. The number of halogens is 1. The molecule has 0 atom stereocenters. The first-order valence-corrected chi connectivity index (χ1v) is 7.99. The highest BCUT2D eigenvalue weighted by atomic mass is 19.1. The Hall–Kier alpha value is -2.14. The van der Waals surface area contributed by atoms with Gasteiger partial charge in [0.15, 0.2) is 0 Å². The molecule has 5 heteroatoms. The number of methoxy groups -OCH3 is 1. The van der Waals surface area contributed by atoms with E-state index < -0.39 is 0 Å². The van der Waals surface area contributed by atoms with E-state index in [0.717, 1.165) is 31.3 Å². The van der Waals surface area contributed by atoms with Crippen molar-refractivity contribution in [3.05, 3.63) is 53.5 Å². The van der Waals surface area contributed by atoms with Gasteiger partial charge < -0.3 is 15.4 Å². The summed E-state index contributed by atoms with van der Waals surface area (Å²) < 4.78 is 18.1. The van der Waals surface area contributed by atoms with E-state index in [1.807, 2.05) is 6.07 Å². The van der Waals surface area contributed by atoms with Gasteiger partial charge in [-0.05, 0) is 54.2 Å². The van der Waals surface area contributed by atoms with Crippen LogP contribution in [-0.4, -0.2) is 25.2 Å². The minimum atomic E-state index is -0.320. The quantitative estimate of drug-likeness (QED) is 0.734. The van der Waals surface area contributed by atoms with Crippen LogP contribution in [0.4, 0.5) is 10.2 Å². The summed E-state index contributed by atoms with van der Waals surface area (Å²) in [5.74, 6) is 1.99. The van der Waals surface area contributed by atoms with Crippen molar-refractivity contribution in [2.24, 2.45) is 0 Å². The van der Waals surface area contributed by atoms with Crippen molar-refractivity contribution >= 4 is 5.82 Å². The van der Waals surface area contributed by atoms with Crippen LogP contribution in [0.25, 0.3) is 0 Å². The number of rotatable bonds is 8. The number of benzene rings is 1. The summed E-state index contributed by atoms with van der Waals surface area (Å²) in [6, 6.07) is 9.40. The molecular formula is C18H22FN3O. The molecule has 1 fully saturated rings. The van der Waals surface area contributed by atoms with Crippen molar-refractivity contribution in [2.45, 2.75) is 25.3 Å². The molecule has 0 radical (unpaired) electrons. The van der Waals surface area contributed by atoms with Crippen LogP contribution in [0.3, 0.4) is 0 Å². The Morgan fingerprint density at radius 2 is 2.09 bits per heavy atom. The Morgan fingerprint density at radius 1 is 1.22 bits per heavy atom. The third-order valence-electron chi connectivity index (χ3n) is 4.02. The molecule has 2 N–H and O–H groups in total. The molecule has 23 heavy (non-hydrogen) atoms. The number of nitrogens with zero attached hydrogens (tertiary/aromatic N) is 1. The normalized spacial score (nSPS) is 13.8. The van der Waals surface area contributed by atoms with Crippen LogP contribution in [0, 0.1) is 5.82 Å². The molecule has 1 aromatic carbocycles. The lowest BCUT2D eigenvalue weighted by atomic mass is 10.0. The van der Waals surface area contributed by atoms with Crippen molar-refractivity contribution in [2.75, 3.05) is 25.5 Å². The monoisotopic (exact) mass is 315 g/mol. The number of nitrogens with one attached hydrogen (secondary N) is 2. The minimum Gasteiger partial charge on any atom is -0.497 e. The van der Waals surface area contributed by atoms with Crippen LogP contribution >= 0.6 is 0 Å². The molecule has 0 unspecified atom stereocenters. The van der Waals surface area contributed by atoms with Crippen molar-refractivity contribution < 1.29 is 9.13 Å². The molecule has 1 aliphatic carbocycles. The highest BCUT2D eigenvalue weighted by molar-refractivity contribution is 5.39. The van der Waals surface area contributed by atoms with Crippen molar-refractivity contribution in [3.63, 3.8) is 0 Å². The fraction of sp³-hybridized carbons (Fsp3) is 0.389. The van der Waals surface area contributed by atoms with Crippen LogP contribution in [0.2, 0.25) is 0 Å². The fourth-order valence-corrected chi connectivity index (χ4v) is 2.64. The maximum absolute atomic E-state index is 12.8. The van der Waals surface area contributed by atoms with Gasteiger partial charge in [0.2, 0.25) is 0 Å². The molecular weight excluding hydrogens is 293 g/mol. The van der Waals surface area contributed by atoms with Gasteiger partial charge in [-0.3, -0.25) is 0 Å². The van der Waals surface area contributed by atoms with E-state index in [1.54, 1.807) is 13.2 Å². The van der Waals surface area contributed by atoms with E-state index in [2.05, 4.69) is 27.8 Å². The Labute approximate surface area is 136 Å². The zero-order chi connectivity index (χ0) is 16.1. The maximum Gasteiger partial charge on any atom is 0.141 e. The van der Waals surface area contributed by atoms with Crippen LogP contribution in [-0.2, 0) is 6.54 Å². The molecule has 122 valence electrons. The predicted octanol–water partition coefficient (Wildman–Crippen LogP) is 3.31. The second kappa shape index (κ2) is 7.42. The maximum atomic E-state index is 12.8. The molecule has 0 bridgehead atoms. The third-order valence-corrected chi connectivity index (χ3v) is 4.02. The molecule has 1 saturated carbocycles. The number of hydrogen-bond donors (Lipinski definition) is 2. The summed E-state index contributed by atoms with van der Waals surface area (Å²) in [7, 11) is 1.70. The first-order chi connectivity index (χ1) is 11.3. The molecule has 1 aromatic heterocycles. The minimum absolute atomic E-state index is 0.320. The molecule has 0 saturated heterocycles. The topological polar surface area (TPSA) is 46.2 Å². The Bertz CT molecular complexity index is 641. The summed E-state index contributed by atoms with van der Waals surface area (Å²) in [6.07, 6.45) is 3.79. The Kier molecular flexibility index (Phi) is 5.08. The van der Waals surface area contributed by atoms with E-state index in [0.29, 0.717) is 5.82 Å². The molecule has 0 aliphatic heterocycles. The van der Waals surface area contributed by atoms with Gasteiger partial charge in [0.25, 0.3) is 0 Å². The van der Waals surface area contributed by atoms with Gasteiger partial charge in [-0.25, -0.2) is 9.37 Å². The van der Waals surface area contributed by atoms with Gasteiger partial charge in [0.05, 0.1) is 13.3 Å². The van der Waals surface area contributed by atoms with Gasteiger partial charge in [-0.15, -0.1) is 0 Å². The average Bonchev–Trinajstić information content (AvgIpc) is 3.41. The van der Waals surface area contributed by atoms with Crippen molar-refractivity contribution in [1.29, 1.82) is 0 Å². The molecule has 3 rings (SSSR count). The van der Waals surface area contributed by atoms with E-state index >= 15 is 0 Å². The highest BCUT2D eigenvalue weighted by Gasteiger charge is 2.25. The first-order valence-electron chi connectivity index (χ1n) is 7.99. The van der Waals surface area contributed by atoms with Crippen LogP contribution < -0.4 is 15.4 Å². The number of hydrogen-bond acceptors (Lipinski definition) is 4. The zero-order valence-corrected chi connectivity index (χ0v) is 13.3. The summed E-state index contributed by atoms with van der Waals surface area (Å²) in [5.41, 5.74) is 2.75. The van der Waals surface area contributed by atoms with Gasteiger partial charge in [-0.1, -0.05) is 6.07 Å². The van der Waals surface area contributed by atoms with Gasteiger partial charge in [0.1, 0.15) is 17.4 Å². The lowest BCUT2D eigenvalue weighted by Crippen LogP contribution is -2.22. The lowest BCUT2D eigenvalue weighted by Gasteiger charge is -2.12. The molecule has 0 spiro atoms. The van der Waals surface area contributed by atoms with Crippen LogP contribution in [0.5, 0.6) is 5.75 Å². The van der Waals surface area contributed by atoms with Gasteiger partial charge in [-0.2, -0.15) is 0 Å². The van der Waals surface area contributed by atoms with E-state index in [9.17, 15) is 4.39 Å². The summed E-state index contributed by atoms with van der Waals surface area (Å²) >= 11 is 0. The summed E-state index contributed by atoms with van der Waals surface area (Å²) in [5, 5.41) is 6.60. The smallest absolute Gasteiger partial charge is 0.141 e. The first kappa shape index (κ1) is 15.7. The third kappa shape index (κ3) is 4.42. The standard InChI is InChI=1S/C18H22FN3O/c1-23-16-5-6-17(13-2-3-13)14(10-16)11-20-8-9-21-18-7-4-15(19)12-22-18/h4-7,10,12-13,20H,2-3,8-9,11H2,1H3,(H,21,22). The van der Waals surface area contributed by atoms with E-state index in [1.165, 1.54) is 36.2 Å². The molecule has 1 aliphatic rings. The predicted molar refractivity (Wildman–Crippen MR) is 89.4 cm³/mol. The zero-order valence-electron chi connectivity index (χ0n) is 13.3. The fourth-order valence-electron chi connectivity index (χ4n) is 2.64. The second-order valence-electron chi connectivity index (χ2n) is 5.80. The lowest BCUT2D eigenvalue weighted by molar-refractivity contribution is 0.414. The van der Waals surface area contributed by atoms with Crippen molar-refractivity contribution in [1.82, 2.24) is 10.3 Å². The summed E-state index contributed by atoms with van der Waals surface area (Å²) in [6.45, 7) is 2.36. The molecule has 0 amide bonds. The Balaban J connectivity index is 1.47. The second-order valence-corrected chi connectivity index (χ2v) is 5.80. The largest absolute Gasteiger partial charge is 0.497 e. The number of anilines is 1. The number of ether oxygens (including phenoxy) is 1. The van der Waals surface area contributed by atoms with E-state index in [4.69, 9.17) is 4.74 Å². The van der Waals surface area contributed by atoms with Crippen LogP contribution in [0.15, 0.2) is 36.5 Å². The van der Waals surface area contributed by atoms with E-state index in [-0.39, 0.29) is 5.82 Å². The van der Waals surface area contributed by atoms with Crippen LogP contribution in [0.1, 0.15) is 29.9 Å².